The van der Waals surface area contributed by atoms with E-state index in [0.717, 1.165) is 29.5 Å². The highest BCUT2D eigenvalue weighted by atomic mass is 16.5. The van der Waals surface area contributed by atoms with Crippen molar-refractivity contribution < 1.29 is 14.6 Å². The number of nitrogens with two attached hydrogens (primary N) is 1. The molecule has 0 aliphatic rings. The number of phenolic OH excluding ortho intramolecular Hbond substituents is 1. The van der Waals surface area contributed by atoms with Crippen LogP contribution < -0.4 is 10.5 Å². The third-order valence-corrected chi connectivity index (χ3v) is 6.42. The monoisotopic (exact) mass is 437 g/mol. The van der Waals surface area contributed by atoms with Crippen molar-refractivity contribution in [1.82, 2.24) is 0 Å². The SMILES string of the molecule is CCC(C)(C)c1cc(C=CC(=O)c2ccc(N)cc2)c(OC(C)C)c(C(C)(C)CC)c1O. The molecular formula is C28H39NO3. The Morgan fingerprint density at radius 2 is 1.62 bits per heavy atom. The maximum atomic E-state index is 12.8. The number of hydrogen-bond donors (Lipinski definition) is 2. The van der Waals surface area contributed by atoms with Crippen molar-refractivity contribution in [3.8, 4) is 11.5 Å². The molecule has 0 heterocycles. The van der Waals surface area contributed by atoms with E-state index < -0.39 is 0 Å². The lowest BCUT2D eigenvalue weighted by Gasteiger charge is -2.33. The number of aromatic hydroxyl groups is 1. The maximum Gasteiger partial charge on any atom is 0.185 e. The van der Waals surface area contributed by atoms with Gasteiger partial charge in [-0.25, -0.2) is 0 Å². The third-order valence-electron chi connectivity index (χ3n) is 6.42. The molecule has 0 saturated carbocycles. The van der Waals surface area contributed by atoms with E-state index >= 15 is 0 Å². The number of phenols is 1. The van der Waals surface area contributed by atoms with Gasteiger partial charge in [0.25, 0.3) is 0 Å². The van der Waals surface area contributed by atoms with Gasteiger partial charge in [0.05, 0.1) is 6.10 Å². The van der Waals surface area contributed by atoms with E-state index in [4.69, 9.17) is 10.5 Å². The number of anilines is 1. The molecule has 174 valence electrons. The van der Waals surface area contributed by atoms with E-state index in [0.29, 0.717) is 22.7 Å². The molecule has 0 atom stereocenters. The van der Waals surface area contributed by atoms with Gasteiger partial charge in [0.1, 0.15) is 11.5 Å². The summed E-state index contributed by atoms with van der Waals surface area (Å²) >= 11 is 0. The highest BCUT2D eigenvalue weighted by Crippen LogP contribution is 2.48. The van der Waals surface area contributed by atoms with Crippen LogP contribution in [0.25, 0.3) is 6.08 Å². The number of hydrogen-bond acceptors (Lipinski definition) is 4. The van der Waals surface area contributed by atoms with Gasteiger partial charge in [-0.1, -0.05) is 41.5 Å². The number of ether oxygens (including phenoxy) is 1. The second-order valence-electron chi connectivity index (χ2n) is 10.0. The summed E-state index contributed by atoms with van der Waals surface area (Å²) in [6.07, 6.45) is 4.99. The van der Waals surface area contributed by atoms with Crippen molar-refractivity contribution in [2.75, 3.05) is 5.73 Å². The average molecular weight is 438 g/mol. The quantitative estimate of drug-likeness (QED) is 0.251. The highest BCUT2D eigenvalue weighted by Gasteiger charge is 2.34. The first kappa shape index (κ1) is 25.5. The topological polar surface area (TPSA) is 72.6 Å². The second kappa shape index (κ2) is 9.81. The van der Waals surface area contributed by atoms with Crippen LogP contribution in [0.5, 0.6) is 11.5 Å². The summed E-state index contributed by atoms with van der Waals surface area (Å²) in [4.78, 5) is 12.8. The Hall–Kier alpha value is -2.75. The molecule has 0 spiro atoms. The minimum Gasteiger partial charge on any atom is -0.507 e. The summed E-state index contributed by atoms with van der Waals surface area (Å²) in [5.41, 5.74) is 8.86. The minimum absolute atomic E-state index is 0.0780. The van der Waals surface area contributed by atoms with E-state index in [1.54, 1.807) is 36.4 Å². The molecule has 0 aromatic heterocycles. The average Bonchev–Trinajstić information content (AvgIpc) is 2.72. The summed E-state index contributed by atoms with van der Waals surface area (Å²) in [6, 6.07) is 8.86. The Morgan fingerprint density at radius 1 is 1.06 bits per heavy atom. The standard InChI is InChI=1S/C28H39NO3/c1-9-27(5,6)22-17-20(13-16-23(30)19-11-14-21(29)15-12-19)26(32-18(3)4)24(25(22)31)28(7,8)10-2/h11-18,31H,9-10,29H2,1-8H3. The van der Waals surface area contributed by atoms with Gasteiger partial charge >= 0.3 is 0 Å². The third kappa shape index (κ3) is 5.53. The fraction of sp³-hybridized carbons (Fsp3) is 0.464. The largest absolute Gasteiger partial charge is 0.507 e. The molecule has 0 aliphatic heterocycles. The van der Waals surface area contributed by atoms with E-state index in [2.05, 4.69) is 41.5 Å². The molecule has 4 heteroatoms. The first-order valence-electron chi connectivity index (χ1n) is 11.5. The van der Waals surface area contributed by atoms with Crippen LogP contribution >= 0.6 is 0 Å². The minimum atomic E-state index is -0.308. The van der Waals surface area contributed by atoms with Crippen LogP contribution in [0.4, 0.5) is 5.69 Å². The molecule has 0 aliphatic carbocycles. The van der Waals surface area contributed by atoms with Crippen molar-refractivity contribution in [3.63, 3.8) is 0 Å². The number of rotatable bonds is 9. The van der Waals surface area contributed by atoms with Crippen LogP contribution in [0.3, 0.4) is 0 Å². The van der Waals surface area contributed by atoms with Crippen LogP contribution in [-0.4, -0.2) is 17.0 Å². The molecule has 4 nitrogen and oxygen atoms in total. The van der Waals surface area contributed by atoms with Gasteiger partial charge < -0.3 is 15.6 Å². The highest BCUT2D eigenvalue weighted by molar-refractivity contribution is 6.07. The maximum absolute atomic E-state index is 12.8. The Bertz CT molecular complexity index is 983. The first-order chi connectivity index (χ1) is 14.8. The Labute approximate surface area is 193 Å². The number of nitrogen functional groups attached to an aromatic ring is 1. The predicted molar refractivity (Wildman–Crippen MR) is 135 cm³/mol. The summed E-state index contributed by atoms with van der Waals surface area (Å²) in [6.45, 7) is 16.6. The Morgan fingerprint density at radius 3 is 2.12 bits per heavy atom. The fourth-order valence-electron chi connectivity index (χ4n) is 3.58. The lowest BCUT2D eigenvalue weighted by Crippen LogP contribution is -2.23. The fourth-order valence-corrected chi connectivity index (χ4v) is 3.58. The summed E-state index contributed by atoms with van der Waals surface area (Å²) in [5.74, 6) is 0.823. The molecule has 0 unspecified atom stereocenters. The normalized spacial score (nSPS) is 12.5. The Balaban J connectivity index is 2.75. The van der Waals surface area contributed by atoms with Crippen molar-refractivity contribution >= 4 is 17.5 Å². The number of carbonyl (C=O) groups is 1. The van der Waals surface area contributed by atoms with Crippen molar-refractivity contribution in [2.45, 2.75) is 85.2 Å². The van der Waals surface area contributed by atoms with Crippen LogP contribution in [-0.2, 0) is 10.8 Å². The first-order valence-corrected chi connectivity index (χ1v) is 11.5. The van der Waals surface area contributed by atoms with E-state index in [9.17, 15) is 9.90 Å². The number of allylic oxidation sites excluding steroid dienone is 1. The zero-order valence-electron chi connectivity index (χ0n) is 20.9. The molecule has 0 saturated heterocycles. The molecule has 3 N–H and O–H groups in total. The van der Waals surface area contributed by atoms with Gasteiger partial charge in [-0.2, -0.15) is 0 Å². The number of benzene rings is 2. The van der Waals surface area contributed by atoms with E-state index in [-0.39, 0.29) is 22.7 Å². The van der Waals surface area contributed by atoms with Crippen LogP contribution in [0.2, 0.25) is 0 Å². The molecule has 2 aromatic rings. The second-order valence-corrected chi connectivity index (χ2v) is 10.0. The molecule has 2 rings (SSSR count). The van der Waals surface area contributed by atoms with Crippen molar-refractivity contribution in [2.24, 2.45) is 0 Å². The van der Waals surface area contributed by atoms with Gasteiger partial charge in [-0.15, -0.1) is 0 Å². The summed E-state index contributed by atoms with van der Waals surface area (Å²) < 4.78 is 6.26. The molecule has 0 bridgehead atoms. The molecule has 2 aromatic carbocycles. The Kier molecular flexibility index (Phi) is 7.82. The summed E-state index contributed by atoms with van der Waals surface area (Å²) in [7, 11) is 0. The van der Waals surface area contributed by atoms with Gasteiger partial charge in [0.2, 0.25) is 0 Å². The van der Waals surface area contributed by atoms with Crippen LogP contribution in [0.1, 0.15) is 95.3 Å². The number of carbonyl (C=O) groups excluding carboxylic acids is 1. The molecule has 32 heavy (non-hydrogen) atoms. The van der Waals surface area contributed by atoms with Gasteiger partial charge in [-0.3, -0.25) is 4.79 Å². The van der Waals surface area contributed by atoms with Gasteiger partial charge in [0, 0.05) is 27.9 Å². The smallest absolute Gasteiger partial charge is 0.185 e. The number of ketones is 1. The molecular weight excluding hydrogens is 398 g/mol. The van der Waals surface area contributed by atoms with Crippen molar-refractivity contribution in [3.05, 3.63) is 58.7 Å². The van der Waals surface area contributed by atoms with E-state index in [1.807, 2.05) is 19.9 Å². The summed E-state index contributed by atoms with van der Waals surface area (Å²) in [5, 5.41) is 11.4. The molecule has 0 amide bonds. The zero-order chi connectivity index (χ0) is 24.3. The lowest BCUT2D eigenvalue weighted by atomic mass is 9.74. The van der Waals surface area contributed by atoms with Crippen LogP contribution in [0.15, 0.2) is 36.4 Å². The zero-order valence-corrected chi connectivity index (χ0v) is 20.9. The lowest BCUT2D eigenvalue weighted by molar-refractivity contribution is 0.104. The van der Waals surface area contributed by atoms with Crippen LogP contribution in [0, 0.1) is 0 Å². The van der Waals surface area contributed by atoms with Gasteiger partial charge in [0.15, 0.2) is 5.78 Å². The van der Waals surface area contributed by atoms with Crippen molar-refractivity contribution in [1.29, 1.82) is 0 Å². The van der Waals surface area contributed by atoms with E-state index in [1.165, 1.54) is 0 Å². The van der Waals surface area contributed by atoms with Gasteiger partial charge in [-0.05, 0) is 80.0 Å². The molecule has 0 fully saturated rings. The predicted octanol–water partition coefficient (Wildman–Crippen LogP) is 7.03. The molecule has 0 radical (unpaired) electrons.